The minimum Gasteiger partial charge on any atom is -0.493 e. The monoisotopic (exact) mass is 274 g/mol. The van der Waals surface area contributed by atoms with E-state index in [4.69, 9.17) is 9.15 Å². The van der Waals surface area contributed by atoms with Gasteiger partial charge >= 0.3 is 0 Å². The van der Waals surface area contributed by atoms with Crippen molar-refractivity contribution in [2.75, 3.05) is 21.2 Å². The third-order valence-electron chi connectivity index (χ3n) is 2.57. The highest BCUT2D eigenvalue weighted by Crippen LogP contribution is 2.23. The van der Waals surface area contributed by atoms with E-state index in [1.807, 2.05) is 0 Å². The highest BCUT2D eigenvalue weighted by molar-refractivity contribution is 6.34. The molecule has 0 spiro atoms. The molecule has 2 rings (SSSR count). The number of furan rings is 1. The van der Waals surface area contributed by atoms with Gasteiger partial charge in [-0.3, -0.25) is 9.59 Å². The van der Waals surface area contributed by atoms with Crippen LogP contribution >= 0.6 is 0 Å². The Balaban J connectivity index is 2.25. The molecule has 0 bridgehead atoms. The Labute approximate surface area is 116 Å². The zero-order valence-electron chi connectivity index (χ0n) is 11.4. The van der Waals surface area contributed by atoms with Gasteiger partial charge in [0, 0.05) is 26.2 Å². The molecule has 6 heteroatoms. The molecular weight excluding hydrogens is 260 g/mol. The Bertz CT molecular complexity index is 635. The van der Waals surface area contributed by atoms with Crippen LogP contribution in [0.25, 0.3) is 5.57 Å². The molecule has 1 aliphatic rings. The molecule has 1 aromatic rings. The number of methoxy groups -OCH3 is 1. The van der Waals surface area contributed by atoms with Crippen LogP contribution in [0.2, 0.25) is 0 Å². The molecule has 0 amide bonds. The minimum atomic E-state index is -0.359. The maximum Gasteiger partial charge on any atom is 0.221 e. The van der Waals surface area contributed by atoms with Gasteiger partial charge in [0.25, 0.3) is 0 Å². The van der Waals surface area contributed by atoms with Crippen molar-refractivity contribution in [2.24, 2.45) is 5.10 Å². The van der Waals surface area contributed by atoms with Crippen molar-refractivity contribution in [3.8, 4) is 0 Å². The number of hydrogen-bond acceptors (Lipinski definition) is 6. The molecule has 1 aromatic heterocycles. The summed E-state index contributed by atoms with van der Waals surface area (Å²) in [4.78, 5) is 23.6. The molecule has 0 aromatic carbocycles. The van der Waals surface area contributed by atoms with Gasteiger partial charge in [0.15, 0.2) is 11.5 Å². The van der Waals surface area contributed by atoms with Crippen molar-refractivity contribution >= 4 is 23.4 Å². The van der Waals surface area contributed by atoms with Crippen molar-refractivity contribution in [2.45, 2.75) is 0 Å². The van der Waals surface area contributed by atoms with Crippen molar-refractivity contribution in [3.05, 3.63) is 41.6 Å². The zero-order valence-corrected chi connectivity index (χ0v) is 11.4. The number of rotatable bonds is 4. The lowest BCUT2D eigenvalue weighted by Crippen LogP contribution is -2.13. The Morgan fingerprint density at radius 3 is 2.60 bits per heavy atom. The first-order chi connectivity index (χ1) is 9.51. The van der Waals surface area contributed by atoms with E-state index in [9.17, 15) is 9.59 Å². The molecule has 104 valence electrons. The van der Waals surface area contributed by atoms with Gasteiger partial charge in [-0.2, -0.15) is 5.10 Å². The van der Waals surface area contributed by atoms with Gasteiger partial charge in [0.2, 0.25) is 5.78 Å². The highest BCUT2D eigenvalue weighted by Gasteiger charge is 2.23. The van der Waals surface area contributed by atoms with E-state index in [2.05, 4.69) is 5.10 Å². The fourth-order valence-corrected chi connectivity index (χ4v) is 1.63. The average molecular weight is 274 g/mol. The lowest BCUT2D eigenvalue weighted by atomic mass is 10.0. The lowest BCUT2D eigenvalue weighted by Gasteiger charge is -2.09. The van der Waals surface area contributed by atoms with Gasteiger partial charge < -0.3 is 14.2 Å². The van der Waals surface area contributed by atoms with Crippen LogP contribution in [0.3, 0.4) is 0 Å². The Kier molecular flexibility index (Phi) is 3.84. The van der Waals surface area contributed by atoms with E-state index in [1.54, 1.807) is 31.2 Å². The quantitative estimate of drug-likeness (QED) is 0.469. The van der Waals surface area contributed by atoms with Crippen LogP contribution in [0.5, 0.6) is 0 Å². The lowest BCUT2D eigenvalue weighted by molar-refractivity contribution is -0.116. The minimum absolute atomic E-state index is 0.0275. The summed E-state index contributed by atoms with van der Waals surface area (Å²) in [5.41, 5.74) is 0.209. The highest BCUT2D eigenvalue weighted by atomic mass is 16.5. The molecule has 1 heterocycles. The van der Waals surface area contributed by atoms with E-state index < -0.39 is 0 Å². The fourth-order valence-electron chi connectivity index (χ4n) is 1.63. The molecule has 0 N–H and O–H groups in total. The number of ketones is 2. The second kappa shape index (κ2) is 5.56. The molecule has 0 atom stereocenters. The standard InChI is InChI=1S/C14H14N2O4/c1-16(2)15-8-9-4-5-13(20-9)10-6-12(18)14(19-3)7-11(10)17/h4-8H,1-3H3/b15-8+. The van der Waals surface area contributed by atoms with Gasteiger partial charge in [0.1, 0.15) is 11.5 Å². The summed E-state index contributed by atoms with van der Waals surface area (Å²) in [6, 6.07) is 3.30. The molecule has 1 aliphatic carbocycles. The third kappa shape index (κ3) is 2.85. The van der Waals surface area contributed by atoms with Crippen LogP contribution in [0.15, 0.2) is 39.6 Å². The Morgan fingerprint density at radius 2 is 1.95 bits per heavy atom. The number of hydrogen-bond donors (Lipinski definition) is 0. The van der Waals surface area contributed by atoms with Crippen molar-refractivity contribution in [1.29, 1.82) is 0 Å². The Hall–Kier alpha value is -2.63. The van der Waals surface area contributed by atoms with Gasteiger partial charge in [-0.25, -0.2) is 0 Å². The van der Waals surface area contributed by atoms with E-state index in [-0.39, 0.29) is 22.9 Å². The van der Waals surface area contributed by atoms with E-state index in [0.717, 1.165) is 6.08 Å². The number of nitrogens with zero attached hydrogens (tertiary/aromatic N) is 2. The number of carbonyl (C=O) groups excluding carboxylic acids is 2. The van der Waals surface area contributed by atoms with Crippen LogP contribution in [-0.4, -0.2) is 44.0 Å². The van der Waals surface area contributed by atoms with Crippen LogP contribution in [0.1, 0.15) is 11.5 Å². The third-order valence-corrected chi connectivity index (χ3v) is 2.57. The van der Waals surface area contributed by atoms with Crippen LogP contribution in [0, 0.1) is 0 Å². The first-order valence-corrected chi connectivity index (χ1v) is 5.89. The van der Waals surface area contributed by atoms with Crippen LogP contribution in [0.4, 0.5) is 0 Å². The molecule has 0 fully saturated rings. The van der Waals surface area contributed by atoms with Gasteiger partial charge in [-0.15, -0.1) is 0 Å². The maximum absolute atomic E-state index is 11.9. The summed E-state index contributed by atoms with van der Waals surface area (Å²) in [6.07, 6.45) is 3.90. The van der Waals surface area contributed by atoms with E-state index >= 15 is 0 Å². The summed E-state index contributed by atoms with van der Waals surface area (Å²) in [5, 5.41) is 5.64. The second-order valence-corrected chi connectivity index (χ2v) is 4.29. The smallest absolute Gasteiger partial charge is 0.221 e. The van der Waals surface area contributed by atoms with Crippen molar-refractivity contribution in [1.82, 2.24) is 5.01 Å². The first-order valence-electron chi connectivity index (χ1n) is 5.89. The average Bonchev–Trinajstić information content (AvgIpc) is 2.87. The number of allylic oxidation sites excluding steroid dienone is 3. The Morgan fingerprint density at radius 1 is 1.20 bits per heavy atom. The molecule has 20 heavy (non-hydrogen) atoms. The molecule has 0 aliphatic heterocycles. The topological polar surface area (TPSA) is 72.1 Å². The van der Waals surface area contributed by atoms with Crippen LogP contribution < -0.4 is 0 Å². The van der Waals surface area contributed by atoms with E-state index in [1.165, 1.54) is 19.4 Å². The normalized spacial score (nSPS) is 15.3. The van der Waals surface area contributed by atoms with Crippen molar-refractivity contribution < 1.29 is 18.7 Å². The second-order valence-electron chi connectivity index (χ2n) is 4.29. The molecule has 0 saturated heterocycles. The number of carbonyl (C=O) groups is 2. The summed E-state index contributed by atoms with van der Waals surface area (Å²) in [6.45, 7) is 0. The predicted molar refractivity (Wildman–Crippen MR) is 73.1 cm³/mol. The first kappa shape index (κ1) is 13.8. The number of ether oxygens (including phenoxy) is 1. The van der Waals surface area contributed by atoms with Gasteiger partial charge in [0.05, 0.1) is 18.9 Å². The largest absolute Gasteiger partial charge is 0.493 e. The van der Waals surface area contributed by atoms with Crippen molar-refractivity contribution in [3.63, 3.8) is 0 Å². The van der Waals surface area contributed by atoms with E-state index in [0.29, 0.717) is 11.5 Å². The van der Waals surface area contributed by atoms with Crippen LogP contribution in [-0.2, 0) is 14.3 Å². The fraction of sp³-hybridized carbons (Fsp3) is 0.214. The van der Waals surface area contributed by atoms with Gasteiger partial charge in [-0.1, -0.05) is 0 Å². The summed E-state index contributed by atoms with van der Waals surface area (Å²) in [5.74, 6) is 0.167. The predicted octanol–water partition coefficient (Wildman–Crippen LogP) is 1.24. The van der Waals surface area contributed by atoms with Gasteiger partial charge in [-0.05, 0) is 12.1 Å². The zero-order chi connectivity index (χ0) is 14.7. The summed E-state index contributed by atoms with van der Waals surface area (Å²) >= 11 is 0. The maximum atomic E-state index is 11.9. The molecule has 0 radical (unpaired) electrons. The molecular formula is C14H14N2O4. The number of hydrazone groups is 1. The molecule has 0 unspecified atom stereocenters. The molecule has 6 nitrogen and oxygen atoms in total. The SMILES string of the molecule is COC1=CC(=O)C(c2ccc(/C=N/N(C)C)o2)=CC1=O. The summed E-state index contributed by atoms with van der Waals surface area (Å²) < 4.78 is 10.3. The molecule has 0 saturated carbocycles. The summed E-state index contributed by atoms with van der Waals surface area (Å²) in [7, 11) is 4.91.